The highest BCUT2D eigenvalue weighted by Gasteiger charge is 2.37. The zero-order valence-corrected chi connectivity index (χ0v) is 11.6. The molecule has 1 aliphatic rings. The normalized spacial score (nSPS) is 24.6. The van der Waals surface area contributed by atoms with Crippen molar-refractivity contribution in [2.75, 3.05) is 26.7 Å². The van der Waals surface area contributed by atoms with Crippen molar-refractivity contribution < 1.29 is 9.53 Å². The van der Waals surface area contributed by atoms with Crippen LogP contribution >= 0.6 is 0 Å². The predicted molar refractivity (Wildman–Crippen MR) is 69.0 cm³/mol. The topological polar surface area (TPSA) is 41.6 Å². The minimum Gasteiger partial charge on any atom is -0.468 e. The lowest BCUT2D eigenvalue weighted by Crippen LogP contribution is -2.58. The number of carbonyl (C=O) groups excluding carboxylic acids is 1. The molecule has 17 heavy (non-hydrogen) atoms. The molecule has 1 heterocycles. The number of nitrogens with zero attached hydrogens (tertiary/aromatic N) is 1. The Balaban J connectivity index is 2.65. The van der Waals surface area contributed by atoms with Crippen molar-refractivity contribution in [2.45, 2.75) is 51.6 Å². The molecule has 4 nitrogen and oxygen atoms in total. The van der Waals surface area contributed by atoms with Crippen LogP contribution < -0.4 is 5.32 Å². The largest absolute Gasteiger partial charge is 0.468 e. The van der Waals surface area contributed by atoms with Crippen LogP contribution in [0.2, 0.25) is 0 Å². The first-order valence-corrected chi connectivity index (χ1v) is 6.61. The van der Waals surface area contributed by atoms with E-state index < -0.39 is 5.54 Å². The maximum Gasteiger partial charge on any atom is 0.327 e. The molecule has 0 aromatic carbocycles. The van der Waals surface area contributed by atoms with Crippen LogP contribution in [0.15, 0.2) is 0 Å². The van der Waals surface area contributed by atoms with Gasteiger partial charge in [-0.2, -0.15) is 0 Å². The van der Waals surface area contributed by atoms with Gasteiger partial charge in [-0.25, -0.2) is 0 Å². The maximum atomic E-state index is 11.9. The molecule has 0 aromatic heterocycles. The molecule has 0 radical (unpaired) electrons. The van der Waals surface area contributed by atoms with Crippen LogP contribution in [0.1, 0.15) is 40.0 Å². The number of rotatable bonds is 6. The third kappa shape index (κ3) is 3.68. The lowest BCUT2D eigenvalue weighted by Gasteiger charge is -2.34. The van der Waals surface area contributed by atoms with Crippen molar-refractivity contribution in [2.24, 2.45) is 0 Å². The standard InChI is InChI=1S/C13H26N2O2/c1-5-8-14-13(3,12(16)17-4)10-15-9-6-7-11(15)2/h11,14H,5-10H2,1-4H3. The summed E-state index contributed by atoms with van der Waals surface area (Å²) in [7, 11) is 1.46. The second-order valence-electron chi connectivity index (χ2n) is 5.21. The first-order valence-electron chi connectivity index (χ1n) is 6.61. The highest BCUT2D eigenvalue weighted by molar-refractivity contribution is 5.80. The number of ether oxygens (including phenoxy) is 1. The predicted octanol–water partition coefficient (Wildman–Crippen LogP) is 1.40. The summed E-state index contributed by atoms with van der Waals surface area (Å²) in [6.07, 6.45) is 3.47. The molecule has 0 aliphatic carbocycles. The second-order valence-corrected chi connectivity index (χ2v) is 5.21. The highest BCUT2D eigenvalue weighted by atomic mass is 16.5. The molecular formula is C13H26N2O2. The summed E-state index contributed by atoms with van der Waals surface area (Å²) in [5.41, 5.74) is -0.580. The molecule has 1 N–H and O–H groups in total. The maximum absolute atomic E-state index is 11.9. The van der Waals surface area contributed by atoms with Crippen molar-refractivity contribution in [3.8, 4) is 0 Å². The molecule has 1 saturated heterocycles. The van der Waals surface area contributed by atoms with Gasteiger partial charge in [0.2, 0.25) is 0 Å². The zero-order valence-electron chi connectivity index (χ0n) is 11.6. The summed E-state index contributed by atoms with van der Waals surface area (Å²) in [5, 5.41) is 3.33. The Hall–Kier alpha value is -0.610. The van der Waals surface area contributed by atoms with E-state index >= 15 is 0 Å². The zero-order chi connectivity index (χ0) is 12.9. The van der Waals surface area contributed by atoms with E-state index in [9.17, 15) is 4.79 Å². The molecule has 4 heteroatoms. The molecule has 2 atom stereocenters. The first kappa shape index (κ1) is 14.5. The Morgan fingerprint density at radius 1 is 1.59 bits per heavy atom. The van der Waals surface area contributed by atoms with Crippen LogP contribution in [0.5, 0.6) is 0 Å². The molecule has 0 spiro atoms. The minimum atomic E-state index is -0.580. The van der Waals surface area contributed by atoms with Crippen molar-refractivity contribution >= 4 is 5.97 Å². The summed E-state index contributed by atoms with van der Waals surface area (Å²) < 4.78 is 4.93. The molecule has 0 saturated carbocycles. The number of carbonyl (C=O) groups is 1. The van der Waals surface area contributed by atoms with Crippen LogP contribution in [0.25, 0.3) is 0 Å². The molecule has 1 aliphatic heterocycles. The molecule has 2 unspecified atom stereocenters. The summed E-state index contributed by atoms with van der Waals surface area (Å²) in [6, 6.07) is 0.572. The van der Waals surface area contributed by atoms with E-state index in [2.05, 4.69) is 24.1 Å². The van der Waals surface area contributed by atoms with Gasteiger partial charge in [-0.1, -0.05) is 6.92 Å². The quantitative estimate of drug-likeness (QED) is 0.715. The highest BCUT2D eigenvalue weighted by Crippen LogP contribution is 2.20. The Bertz CT molecular complexity index is 258. The lowest BCUT2D eigenvalue weighted by molar-refractivity contribution is -0.148. The van der Waals surface area contributed by atoms with E-state index in [1.807, 2.05) is 6.92 Å². The molecule has 0 bridgehead atoms. The van der Waals surface area contributed by atoms with Gasteiger partial charge < -0.3 is 10.1 Å². The fourth-order valence-electron chi connectivity index (χ4n) is 2.45. The second kappa shape index (κ2) is 6.36. The Labute approximate surface area is 105 Å². The molecular weight excluding hydrogens is 216 g/mol. The SMILES string of the molecule is CCCNC(C)(CN1CCCC1C)C(=O)OC. The average molecular weight is 242 g/mol. The van der Waals surface area contributed by atoms with E-state index in [4.69, 9.17) is 4.74 Å². The number of methoxy groups -OCH3 is 1. The summed E-state index contributed by atoms with van der Waals surface area (Å²) >= 11 is 0. The monoisotopic (exact) mass is 242 g/mol. The van der Waals surface area contributed by atoms with E-state index in [1.54, 1.807) is 0 Å². The van der Waals surface area contributed by atoms with Crippen molar-refractivity contribution in [3.05, 3.63) is 0 Å². The molecule has 0 aromatic rings. The first-order chi connectivity index (χ1) is 8.03. The minimum absolute atomic E-state index is 0.162. The van der Waals surface area contributed by atoms with Crippen LogP contribution in [0, 0.1) is 0 Å². The third-order valence-electron chi connectivity index (χ3n) is 3.61. The Kier molecular flexibility index (Phi) is 5.40. The fraction of sp³-hybridized carbons (Fsp3) is 0.923. The number of nitrogens with one attached hydrogen (secondary N) is 1. The number of esters is 1. The van der Waals surface area contributed by atoms with Crippen molar-refractivity contribution in [3.63, 3.8) is 0 Å². The lowest BCUT2D eigenvalue weighted by atomic mass is 10.0. The van der Waals surface area contributed by atoms with Crippen LogP contribution in [-0.2, 0) is 9.53 Å². The molecule has 100 valence electrons. The van der Waals surface area contributed by atoms with E-state index in [1.165, 1.54) is 20.0 Å². The van der Waals surface area contributed by atoms with Gasteiger partial charge in [0.05, 0.1) is 7.11 Å². The van der Waals surface area contributed by atoms with Gasteiger partial charge in [0.15, 0.2) is 0 Å². The van der Waals surface area contributed by atoms with Gasteiger partial charge in [0, 0.05) is 12.6 Å². The summed E-state index contributed by atoms with van der Waals surface area (Å²) in [5.74, 6) is -0.162. The number of hydrogen-bond donors (Lipinski definition) is 1. The summed E-state index contributed by atoms with van der Waals surface area (Å²) in [6.45, 7) is 8.93. The van der Waals surface area contributed by atoms with Gasteiger partial charge in [-0.15, -0.1) is 0 Å². The van der Waals surface area contributed by atoms with Crippen LogP contribution in [0.4, 0.5) is 0 Å². The van der Waals surface area contributed by atoms with E-state index in [0.717, 1.165) is 26.1 Å². The van der Waals surface area contributed by atoms with Crippen LogP contribution in [0.3, 0.4) is 0 Å². The van der Waals surface area contributed by atoms with Gasteiger partial charge in [0.25, 0.3) is 0 Å². The van der Waals surface area contributed by atoms with Gasteiger partial charge in [-0.3, -0.25) is 9.69 Å². The van der Waals surface area contributed by atoms with Crippen molar-refractivity contribution in [1.29, 1.82) is 0 Å². The summed E-state index contributed by atoms with van der Waals surface area (Å²) in [4.78, 5) is 14.3. The van der Waals surface area contributed by atoms with Crippen LogP contribution in [-0.4, -0.2) is 49.2 Å². The Morgan fingerprint density at radius 2 is 2.29 bits per heavy atom. The van der Waals surface area contributed by atoms with Gasteiger partial charge in [0.1, 0.15) is 5.54 Å². The third-order valence-corrected chi connectivity index (χ3v) is 3.61. The molecule has 0 amide bonds. The van der Waals surface area contributed by atoms with E-state index in [0.29, 0.717) is 6.04 Å². The molecule has 1 rings (SSSR count). The number of hydrogen-bond acceptors (Lipinski definition) is 4. The van der Waals surface area contributed by atoms with Crippen molar-refractivity contribution in [1.82, 2.24) is 10.2 Å². The smallest absolute Gasteiger partial charge is 0.327 e. The average Bonchev–Trinajstić information content (AvgIpc) is 2.71. The van der Waals surface area contributed by atoms with Gasteiger partial charge >= 0.3 is 5.97 Å². The van der Waals surface area contributed by atoms with E-state index in [-0.39, 0.29) is 5.97 Å². The fourth-order valence-corrected chi connectivity index (χ4v) is 2.45. The Morgan fingerprint density at radius 3 is 2.76 bits per heavy atom. The molecule has 1 fully saturated rings. The van der Waals surface area contributed by atoms with Gasteiger partial charge in [-0.05, 0) is 46.2 Å². The number of likely N-dealkylation sites (tertiary alicyclic amines) is 1.